The fraction of sp³-hybridized carbons (Fsp3) is 0.280. The van der Waals surface area contributed by atoms with Crippen LogP contribution in [0.15, 0.2) is 261 Å². The Bertz CT molecular complexity index is 3360. The van der Waals surface area contributed by atoms with E-state index in [1.165, 1.54) is 0 Å². The molecule has 1 N–H and O–H groups in total. The van der Waals surface area contributed by atoms with E-state index < -0.39 is 67.0 Å². The largest absolute Gasteiger partial charge is 0.497 e. The van der Waals surface area contributed by atoms with Crippen molar-refractivity contribution in [2.45, 2.75) is 107 Å². The van der Waals surface area contributed by atoms with Crippen LogP contribution in [0.1, 0.15) is 50.1 Å². The number of hydrogen-bond donors (Lipinski definition) is 1. The highest BCUT2D eigenvalue weighted by Crippen LogP contribution is 2.43. The molecule has 0 amide bonds. The lowest BCUT2D eigenvalue weighted by Gasteiger charge is -2.48. The van der Waals surface area contributed by atoms with Gasteiger partial charge in [0.2, 0.25) is 0 Å². The van der Waals surface area contributed by atoms with E-state index in [1.54, 1.807) is 14.2 Å². The number of methoxy groups -OCH3 is 2. The molecule has 0 aliphatic carbocycles. The molecular formula is C75H76O13. The van der Waals surface area contributed by atoms with Crippen molar-refractivity contribution in [2.75, 3.05) is 27.4 Å². The molecule has 2 heterocycles. The summed E-state index contributed by atoms with van der Waals surface area (Å²) in [5.74, 6) is 1.38. The predicted octanol–water partition coefficient (Wildman–Crippen LogP) is 13.0. The van der Waals surface area contributed by atoms with Gasteiger partial charge in [0.25, 0.3) is 0 Å². The Hall–Kier alpha value is -7.86. The lowest BCUT2D eigenvalue weighted by atomic mass is 9.80. The first-order valence-corrected chi connectivity index (χ1v) is 30.0. The zero-order valence-corrected chi connectivity index (χ0v) is 49.6. The molecule has 9 aromatic rings. The fourth-order valence-electron chi connectivity index (χ4n) is 11.4. The number of benzene rings is 9. The van der Waals surface area contributed by atoms with Gasteiger partial charge in [0.05, 0.1) is 67.1 Å². The molecule has 0 radical (unpaired) electrons. The van der Waals surface area contributed by atoms with Gasteiger partial charge in [-0.25, -0.2) is 0 Å². The third kappa shape index (κ3) is 15.9. The van der Waals surface area contributed by atoms with Crippen LogP contribution in [-0.2, 0) is 92.6 Å². The molecule has 0 saturated carbocycles. The van der Waals surface area contributed by atoms with Crippen LogP contribution in [0.25, 0.3) is 0 Å². The van der Waals surface area contributed by atoms with Crippen LogP contribution in [-0.4, -0.2) is 94.0 Å². The van der Waals surface area contributed by atoms with Gasteiger partial charge in [-0.2, -0.15) is 0 Å². The third-order valence-corrected chi connectivity index (χ3v) is 16.0. The summed E-state index contributed by atoms with van der Waals surface area (Å²) in [6, 6.07) is 85.5. The van der Waals surface area contributed by atoms with E-state index in [0.29, 0.717) is 11.5 Å². The standard InChI is InChI=1S/C75H76O13/c1-77-63-42-38-61(39-43-63)75(60-36-22-9-23-37-60,62-40-44-64(78-2)45-41-62)86-53-66-68(80-47-55-26-12-4-13-27-55)70(82-49-57-30-16-6-17-31-57)72(84-51-59-34-20-8-21-35-59)74(88-66)85-52-65-67(79-46-54-24-10-3-11-25-54)69(81-48-56-28-14-5-15-29-56)71(73(76)87-65)83-50-58-32-18-7-19-33-58/h3-45,65-74,76H,46-53H2,1-2H3/t65-,66-,67-,68-,69+,70+,71-,72+,73+,74?/m1/s1. The van der Waals surface area contributed by atoms with Crippen LogP contribution < -0.4 is 9.47 Å². The van der Waals surface area contributed by atoms with Gasteiger partial charge < -0.3 is 61.9 Å². The van der Waals surface area contributed by atoms with Gasteiger partial charge in [0.15, 0.2) is 12.6 Å². The molecule has 0 bridgehead atoms. The highest BCUT2D eigenvalue weighted by atomic mass is 16.7. The minimum Gasteiger partial charge on any atom is -0.497 e. The summed E-state index contributed by atoms with van der Waals surface area (Å²) in [7, 11) is 3.30. The fourth-order valence-corrected chi connectivity index (χ4v) is 11.4. The Kier molecular flexibility index (Phi) is 22.0. The van der Waals surface area contributed by atoms with Crippen LogP contribution in [0.2, 0.25) is 0 Å². The molecule has 11 rings (SSSR count). The molecule has 9 aromatic carbocycles. The maximum Gasteiger partial charge on any atom is 0.187 e. The molecule has 13 heteroatoms. The van der Waals surface area contributed by atoms with E-state index in [2.05, 4.69) is 12.1 Å². The molecule has 13 nitrogen and oxygen atoms in total. The molecule has 2 aliphatic heterocycles. The van der Waals surface area contributed by atoms with Crippen LogP contribution in [0.5, 0.6) is 11.5 Å². The lowest BCUT2D eigenvalue weighted by Crippen LogP contribution is -2.64. The van der Waals surface area contributed by atoms with Crippen molar-refractivity contribution in [1.29, 1.82) is 0 Å². The summed E-state index contributed by atoms with van der Waals surface area (Å²) < 4.78 is 82.4. The molecule has 2 fully saturated rings. The molecule has 10 atom stereocenters. The van der Waals surface area contributed by atoms with Crippen LogP contribution >= 0.6 is 0 Å². The topological polar surface area (TPSA) is 131 Å². The van der Waals surface area contributed by atoms with Crippen molar-refractivity contribution in [3.8, 4) is 11.5 Å². The number of hydrogen-bond acceptors (Lipinski definition) is 13. The van der Waals surface area contributed by atoms with Crippen molar-refractivity contribution in [1.82, 2.24) is 0 Å². The van der Waals surface area contributed by atoms with Crippen LogP contribution in [0, 0.1) is 0 Å². The van der Waals surface area contributed by atoms with Crippen molar-refractivity contribution in [2.24, 2.45) is 0 Å². The molecule has 2 saturated heterocycles. The van der Waals surface area contributed by atoms with Crippen molar-refractivity contribution >= 4 is 0 Å². The number of aliphatic hydroxyl groups excluding tert-OH is 1. The summed E-state index contributed by atoms with van der Waals surface area (Å²) in [4.78, 5) is 0. The maximum absolute atomic E-state index is 12.3. The molecule has 2 aliphatic rings. The zero-order valence-electron chi connectivity index (χ0n) is 49.6. The second kappa shape index (κ2) is 31.4. The summed E-state index contributed by atoms with van der Waals surface area (Å²) in [5, 5.41) is 12.3. The van der Waals surface area contributed by atoms with Crippen molar-refractivity contribution < 1.29 is 61.9 Å². The Labute approximate surface area is 516 Å². The molecular weight excluding hydrogens is 1110 g/mol. The van der Waals surface area contributed by atoms with Crippen LogP contribution in [0.4, 0.5) is 0 Å². The second-order valence-corrected chi connectivity index (χ2v) is 21.8. The summed E-state index contributed by atoms with van der Waals surface area (Å²) in [6.45, 7) is 0.949. The van der Waals surface area contributed by atoms with Crippen LogP contribution in [0.3, 0.4) is 0 Å². The highest BCUT2D eigenvalue weighted by Gasteiger charge is 2.53. The first-order valence-electron chi connectivity index (χ1n) is 30.0. The molecule has 88 heavy (non-hydrogen) atoms. The van der Waals surface area contributed by atoms with Gasteiger partial charge in [-0.05, 0) is 74.3 Å². The highest BCUT2D eigenvalue weighted by molar-refractivity contribution is 5.50. The average Bonchev–Trinajstić information content (AvgIpc) is 1.76. The monoisotopic (exact) mass is 1180 g/mol. The number of rotatable bonds is 29. The predicted molar refractivity (Wildman–Crippen MR) is 334 cm³/mol. The SMILES string of the molecule is COc1ccc(C(OC[C@H]2OC(OC[C@H]3O[C@H](O)[C@H](OCc4ccccc4)[C@@H](OCc4ccccc4)[C@@H]3OCc3ccccc3)[C@@H](OCc3ccccc3)[C@@H](OCc3ccccc3)[C@@H]2OCc2ccccc2)(c2ccccc2)c2ccc(OC)cc2)cc1. The van der Waals surface area contributed by atoms with E-state index in [4.69, 9.17) is 56.8 Å². The summed E-state index contributed by atoms with van der Waals surface area (Å²) in [5.41, 5.74) is 6.89. The van der Waals surface area contributed by atoms with Gasteiger partial charge in [-0.3, -0.25) is 0 Å². The third-order valence-electron chi connectivity index (χ3n) is 16.0. The normalized spacial score (nSPS) is 22.0. The number of aliphatic hydroxyl groups is 1. The first kappa shape index (κ1) is 61.8. The second-order valence-electron chi connectivity index (χ2n) is 21.8. The van der Waals surface area contributed by atoms with Gasteiger partial charge in [0, 0.05) is 0 Å². The molecule has 454 valence electrons. The Morgan fingerprint density at radius 2 is 0.602 bits per heavy atom. The summed E-state index contributed by atoms with van der Waals surface area (Å²) in [6.07, 6.45) is -9.80. The van der Waals surface area contributed by atoms with E-state index >= 15 is 0 Å². The van der Waals surface area contributed by atoms with E-state index in [-0.39, 0.29) is 52.9 Å². The molecule has 0 spiro atoms. The van der Waals surface area contributed by atoms with Gasteiger partial charge in [0.1, 0.15) is 65.9 Å². The molecule has 1 unspecified atom stereocenters. The number of ether oxygens (including phenoxy) is 12. The molecule has 0 aromatic heterocycles. The quantitative estimate of drug-likeness (QED) is 0.0447. The average molecular weight is 1190 g/mol. The Morgan fingerprint density at radius 3 is 0.966 bits per heavy atom. The minimum absolute atomic E-state index is 0.0554. The van der Waals surface area contributed by atoms with E-state index in [1.807, 2.05) is 249 Å². The summed E-state index contributed by atoms with van der Waals surface area (Å²) >= 11 is 0. The first-order chi connectivity index (χ1) is 43.4. The van der Waals surface area contributed by atoms with E-state index in [0.717, 1.165) is 50.1 Å². The van der Waals surface area contributed by atoms with Gasteiger partial charge in [-0.1, -0.05) is 237 Å². The Morgan fingerprint density at radius 1 is 0.307 bits per heavy atom. The van der Waals surface area contributed by atoms with Gasteiger partial charge >= 0.3 is 0 Å². The minimum atomic E-state index is -1.46. The van der Waals surface area contributed by atoms with Crippen molar-refractivity contribution in [3.05, 3.63) is 311 Å². The van der Waals surface area contributed by atoms with E-state index in [9.17, 15) is 5.11 Å². The lowest BCUT2D eigenvalue weighted by molar-refractivity contribution is -0.350. The van der Waals surface area contributed by atoms with Crippen molar-refractivity contribution in [3.63, 3.8) is 0 Å². The van der Waals surface area contributed by atoms with Gasteiger partial charge in [-0.15, -0.1) is 0 Å². The Balaban J connectivity index is 0.997. The zero-order chi connectivity index (χ0) is 60.2. The smallest absolute Gasteiger partial charge is 0.187 e. The maximum atomic E-state index is 12.3.